The zero-order chi connectivity index (χ0) is 19.4. The number of anilines is 1. The molecule has 0 aromatic carbocycles. The smallest absolute Gasteiger partial charge is 0.226 e. The van der Waals surface area contributed by atoms with E-state index in [9.17, 15) is 5.26 Å². The molecule has 8 heteroatoms. The molecule has 1 fully saturated rings. The maximum absolute atomic E-state index is 9.61. The number of hydrogen-bond acceptors (Lipinski definition) is 5. The van der Waals surface area contributed by atoms with Crippen molar-refractivity contribution in [3.63, 3.8) is 0 Å². The first-order valence-corrected chi connectivity index (χ1v) is 13.8. The number of nitriles is 1. The molecular weight excluding hydrogens is 378 g/mol. The van der Waals surface area contributed by atoms with E-state index in [0.717, 1.165) is 24.3 Å². The van der Waals surface area contributed by atoms with Crippen molar-refractivity contribution in [1.29, 1.82) is 5.26 Å². The van der Waals surface area contributed by atoms with Gasteiger partial charge in [-0.3, -0.25) is 0 Å². The quantitative estimate of drug-likeness (QED) is 0.398. The molecule has 2 aromatic heterocycles. The van der Waals surface area contributed by atoms with Crippen molar-refractivity contribution in [1.82, 2.24) is 14.5 Å². The maximum Gasteiger partial charge on any atom is 0.226 e. The summed E-state index contributed by atoms with van der Waals surface area (Å²) >= 11 is 6.19. The van der Waals surface area contributed by atoms with Crippen molar-refractivity contribution < 1.29 is 4.74 Å². The summed E-state index contributed by atoms with van der Waals surface area (Å²) in [5.74, 6) is 0.661. The highest BCUT2D eigenvalue weighted by Gasteiger charge is 2.20. The third-order valence-electron chi connectivity index (χ3n) is 4.98. The van der Waals surface area contributed by atoms with Gasteiger partial charge < -0.3 is 14.6 Å². The summed E-state index contributed by atoms with van der Waals surface area (Å²) in [4.78, 5) is 8.77. The molecule has 0 radical (unpaired) electrons. The molecule has 6 nitrogen and oxygen atoms in total. The minimum absolute atomic E-state index is 0.187. The largest absolute Gasteiger partial charge is 0.367 e. The van der Waals surface area contributed by atoms with E-state index in [-0.39, 0.29) is 5.28 Å². The number of halogens is 1. The van der Waals surface area contributed by atoms with E-state index in [1.165, 1.54) is 19.3 Å². The number of nitrogens with one attached hydrogen (secondary N) is 1. The van der Waals surface area contributed by atoms with Crippen molar-refractivity contribution in [2.24, 2.45) is 0 Å². The lowest BCUT2D eigenvalue weighted by Crippen LogP contribution is -2.23. The molecule has 27 heavy (non-hydrogen) atoms. The van der Waals surface area contributed by atoms with Gasteiger partial charge in [-0.2, -0.15) is 15.2 Å². The monoisotopic (exact) mass is 405 g/mol. The lowest BCUT2D eigenvalue weighted by Gasteiger charge is -2.23. The van der Waals surface area contributed by atoms with Gasteiger partial charge in [0.05, 0.1) is 10.9 Å². The zero-order valence-corrected chi connectivity index (χ0v) is 18.1. The molecule has 2 heterocycles. The highest BCUT2D eigenvalue weighted by molar-refractivity contribution is 6.76. The Morgan fingerprint density at radius 2 is 2.04 bits per heavy atom. The molecular formula is C19H28ClN5OSi. The fraction of sp³-hybridized carbons (Fsp3) is 0.632. The molecule has 0 bridgehead atoms. The Hall–Kier alpha value is -1.62. The molecule has 0 atom stereocenters. The van der Waals surface area contributed by atoms with Crippen molar-refractivity contribution >= 4 is 36.5 Å². The number of ether oxygens (including phenoxy) is 1. The van der Waals surface area contributed by atoms with E-state index in [0.29, 0.717) is 36.4 Å². The van der Waals surface area contributed by atoms with E-state index < -0.39 is 8.07 Å². The molecule has 1 saturated carbocycles. The van der Waals surface area contributed by atoms with Gasteiger partial charge in [0.25, 0.3) is 0 Å². The fourth-order valence-corrected chi connectivity index (χ4v) is 4.35. The molecule has 0 aliphatic heterocycles. The van der Waals surface area contributed by atoms with Crippen LogP contribution in [0.4, 0.5) is 5.82 Å². The first kappa shape index (κ1) is 20.1. The van der Waals surface area contributed by atoms with Crippen LogP contribution in [0, 0.1) is 11.3 Å². The standard InChI is InChI=1S/C19H28ClN5OSi/c1-27(2,3)10-9-26-13-25-12-14(11-21)16-17(23-19(20)24-18(16)25)22-15-7-5-4-6-8-15/h12,15H,4-10,13H2,1-3H3,(H,22,23,24). The van der Waals surface area contributed by atoms with Crippen LogP contribution in [0.2, 0.25) is 31.0 Å². The number of nitrogens with zero attached hydrogens (tertiary/aromatic N) is 4. The van der Waals surface area contributed by atoms with Crippen LogP contribution < -0.4 is 5.32 Å². The van der Waals surface area contributed by atoms with Gasteiger partial charge in [-0.25, -0.2) is 0 Å². The Kier molecular flexibility index (Phi) is 6.40. The summed E-state index contributed by atoms with van der Waals surface area (Å²) in [6.45, 7) is 8.05. The lowest BCUT2D eigenvalue weighted by atomic mass is 9.95. The number of fused-ring (bicyclic) bond motifs is 1. The lowest BCUT2D eigenvalue weighted by molar-refractivity contribution is 0.0898. The molecule has 0 amide bonds. The SMILES string of the molecule is C[Si](C)(C)CCOCn1cc(C#N)c2c(NC3CCCCC3)nc(Cl)nc21. The third kappa shape index (κ3) is 5.22. The number of hydrogen-bond donors (Lipinski definition) is 1. The van der Waals surface area contributed by atoms with E-state index in [2.05, 4.69) is 41.0 Å². The number of rotatable bonds is 7. The van der Waals surface area contributed by atoms with Crippen molar-refractivity contribution in [3.8, 4) is 6.07 Å². The van der Waals surface area contributed by atoms with Gasteiger partial charge in [0.2, 0.25) is 5.28 Å². The van der Waals surface area contributed by atoms with Crippen LogP contribution in [0.3, 0.4) is 0 Å². The number of aromatic nitrogens is 3. The molecule has 1 aliphatic rings. The first-order chi connectivity index (χ1) is 12.9. The Morgan fingerprint density at radius 1 is 1.30 bits per heavy atom. The molecule has 0 spiro atoms. The molecule has 0 saturated heterocycles. The summed E-state index contributed by atoms with van der Waals surface area (Å²) in [5.41, 5.74) is 1.20. The van der Waals surface area contributed by atoms with Gasteiger partial charge in [-0.05, 0) is 30.5 Å². The minimum atomic E-state index is -1.14. The predicted octanol–water partition coefficient (Wildman–Crippen LogP) is 5.01. The summed E-state index contributed by atoms with van der Waals surface area (Å²) in [5, 5.41) is 14.0. The molecule has 1 aliphatic carbocycles. The Morgan fingerprint density at radius 3 is 2.70 bits per heavy atom. The van der Waals surface area contributed by atoms with E-state index in [4.69, 9.17) is 16.3 Å². The molecule has 1 N–H and O–H groups in total. The average Bonchev–Trinajstić information content (AvgIpc) is 2.96. The summed E-state index contributed by atoms with van der Waals surface area (Å²) in [6.07, 6.45) is 7.74. The van der Waals surface area contributed by atoms with Crippen molar-refractivity contribution in [2.75, 3.05) is 11.9 Å². The van der Waals surface area contributed by atoms with Gasteiger partial charge in [-0.15, -0.1) is 0 Å². The topological polar surface area (TPSA) is 75.8 Å². The van der Waals surface area contributed by atoms with Gasteiger partial charge in [0.1, 0.15) is 24.3 Å². The highest BCUT2D eigenvalue weighted by atomic mass is 35.5. The normalized spacial score (nSPS) is 15.8. The summed E-state index contributed by atoms with van der Waals surface area (Å²) in [7, 11) is -1.14. The van der Waals surface area contributed by atoms with Gasteiger partial charge in [0, 0.05) is 26.9 Å². The van der Waals surface area contributed by atoms with Crippen molar-refractivity contribution in [3.05, 3.63) is 17.0 Å². The van der Waals surface area contributed by atoms with E-state index >= 15 is 0 Å². The molecule has 0 unspecified atom stereocenters. The van der Waals surface area contributed by atoms with Gasteiger partial charge >= 0.3 is 0 Å². The Balaban J connectivity index is 1.84. The Bertz CT molecular complexity index is 833. The van der Waals surface area contributed by atoms with Gasteiger partial charge in [-0.1, -0.05) is 38.9 Å². The second kappa shape index (κ2) is 8.59. The molecule has 3 rings (SSSR count). The van der Waals surface area contributed by atoms with E-state index in [1.807, 2.05) is 4.57 Å². The first-order valence-electron chi connectivity index (χ1n) is 9.68. The second-order valence-corrected chi connectivity index (χ2v) is 14.5. The predicted molar refractivity (Wildman–Crippen MR) is 112 cm³/mol. The van der Waals surface area contributed by atoms with Crippen LogP contribution in [0.25, 0.3) is 11.0 Å². The molecule has 2 aromatic rings. The van der Waals surface area contributed by atoms with Crippen LogP contribution in [0.15, 0.2) is 6.20 Å². The van der Waals surface area contributed by atoms with Crippen LogP contribution in [0.5, 0.6) is 0 Å². The summed E-state index contributed by atoms with van der Waals surface area (Å²) < 4.78 is 7.71. The minimum Gasteiger partial charge on any atom is -0.367 e. The van der Waals surface area contributed by atoms with Crippen molar-refractivity contribution in [2.45, 2.75) is 70.6 Å². The van der Waals surface area contributed by atoms with Crippen LogP contribution in [-0.4, -0.2) is 35.3 Å². The van der Waals surface area contributed by atoms with Gasteiger partial charge in [0.15, 0.2) is 0 Å². The summed E-state index contributed by atoms with van der Waals surface area (Å²) in [6, 6.07) is 3.74. The second-order valence-electron chi connectivity index (χ2n) is 8.49. The Labute approximate surface area is 166 Å². The van der Waals surface area contributed by atoms with Crippen LogP contribution >= 0.6 is 11.6 Å². The third-order valence-corrected chi connectivity index (χ3v) is 6.86. The average molecular weight is 406 g/mol. The maximum atomic E-state index is 9.61. The molecule has 146 valence electrons. The van der Waals surface area contributed by atoms with Crippen LogP contribution in [-0.2, 0) is 11.5 Å². The highest BCUT2D eigenvalue weighted by Crippen LogP contribution is 2.30. The van der Waals surface area contributed by atoms with Crippen LogP contribution in [0.1, 0.15) is 37.7 Å². The van der Waals surface area contributed by atoms with E-state index in [1.54, 1.807) is 6.20 Å². The fourth-order valence-electron chi connectivity index (χ4n) is 3.43. The zero-order valence-electron chi connectivity index (χ0n) is 16.4.